The van der Waals surface area contributed by atoms with Crippen molar-refractivity contribution in [2.24, 2.45) is 0 Å². The third-order valence-corrected chi connectivity index (χ3v) is 14.2. The SMILES string of the molecule is CC1(c2ccccc2)c2ccccc2-c2ccc(-c3cc(-c4cc(-c5cccc(-c6ccccc6)c5)cc(-c5cccc6c5sc5ccccc56)c4)nc(-c4ccccc4)n3)cc21. The number of aromatic nitrogens is 2. The smallest absolute Gasteiger partial charge is 0.160 e. The molecule has 11 aromatic rings. The van der Waals surface area contributed by atoms with E-state index < -0.39 is 0 Å². The van der Waals surface area contributed by atoms with Crippen LogP contribution in [0, 0.1) is 0 Å². The summed E-state index contributed by atoms with van der Waals surface area (Å²) in [5.41, 5.74) is 18.0. The molecule has 2 nitrogen and oxygen atoms in total. The van der Waals surface area contributed by atoms with Crippen LogP contribution in [-0.2, 0) is 5.41 Å². The third-order valence-electron chi connectivity index (χ3n) is 13.0. The summed E-state index contributed by atoms with van der Waals surface area (Å²) in [5.74, 6) is 0.697. The highest BCUT2D eigenvalue weighted by molar-refractivity contribution is 7.26. The second-order valence-corrected chi connectivity index (χ2v) is 17.7. The molecule has 0 saturated carbocycles. The van der Waals surface area contributed by atoms with Gasteiger partial charge in [0.25, 0.3) is 0 Å². The summed E-state index contributed by atoms with van der Waals surface area (Å²) >= 11 is 1.86. The van der Waals surface area contributed by atoms with E-state index in [1.54, 1.807) is 0 Å². The molecule has 1 aliphatic rings. The van der Waals surface area contributed by atoms with E-state index in [0.717, 1.165) is 44.8 Å². The highest BCUT2D eigenvalue weighted by atomic mass is 32.1. The second kappa shape index (κ2) is 15.0. The van der Waals surface area contributed by atoms with E-state index in [9.17, 15) is 0 Å². The van der Waals surface area contributed by atoms with Crippen LogP contribution in [0.5, 0.6) is 0 Å². The van der Waals surface area contributed by atoms with Gasteiger partial charge in [0, 0.05) is 42.3 Å². The van der Waals surface area contributed by atoms with E-state index in [1.807, 2.05) is 17.4 Å². The van der Waals surface area contributed by atoms with Crippen molar-refractivity contribution >= 4 is 31.5 Å². The lowest BCUT2D eigenvalue weighted by molar-refractivity contribution is 0.714. The van der Waals surface area contributed by atoms with Gasteiger partial charge in [0.2, 0.25) is 0 Å². The standard InChI is InChI=1S/C60H40N2S/c1-60(47-23-9-4-10-24-47)53-29-13-11-25-49(53)50-32-31-43(37-54(50)60)55-38-56(62-59(61-55)40-19-7-3-8-20-40)46-35-44(42-22-15-21-41(33-42)39-17-5-2-6-18-39)34-45(36-46)48-27-16-28-52-51-26-12-14-30-57(51)63-58(48)52/h2-38H,1H3. The van der Waals surface area contributed by atoms with Crippen LogP contribution in [0.25, 0.3) is 98.6 Å². The van der Waals surface area contributed by atoms with Crippen LogP contribution in [0.1, 0.15) is 23.6 Å². The first-order valence-corrected chi connectivity index (χ1v) is 22.4. The molecule has 2 aromatic heterocycles. The molecule has 0 radical (unpaired) electrons. The first-order valence-electron chi connectivity index (χ1n) is 21.6. The Bertz CT molecular complexity index is 3520. The lowest BCUT2D eigenvalue weighted by atomic mass is 9.74. The number of rotatable bonds is 7. The number of hydrogen-bond acceptors (Lipinski definition) is 3. The van der Waals surface area contributed by atoms with Gasteiger partial charge in [-0.3, -0.25) is 0 Å². The average Bonchev–Trinajstić information content (AvgIpc) is 3.87. The Morgan fingerprint density at radius 3 is 1.71 bits per heavy atom. The van der Waals surface area contributed by atoms with E-state index in [2.05, 4.69) is 225 Å². The molecule has 0 N–H and O–H groups in total. The molecule has 12 rings (SSSR count). The minimum atomic E-state index is -0.327. The normalized spacial score (nSPS) is 14.2. The van der Waals surface area contributed by atoms with Gasteiger partial charge in [0.15, 0.2) is 5.82 Å². The minimum absolute atomic E-state index is 0.327. The summed E-state index contributed by atoms with van der Waals surface area (Å²) in [6.07, 6.45) is 0. The van der Waals surface area contributed by atoms with Crippen LogP contribution in [0.3, 0.4) is 0 Å². The maximum Gasteiger partial charge on any atom is 0.160 e. The molecular weight excluding hydrogens is 781 g/mol. The molecule has 1 atom stereocenters. The molecular formula is C60H40N2S. The van der Waals surface area contributed by atoms with Crippen molar-refractivity contribution in [3.63, 3.8) is 0 Å². The zero-order valence-electron chi connectivity index (χ0n) is 34.7. The molecule has 2 heterocycles. The fourth-order valence-electron chi connectivity index (χ4n) is 9.77. The number of hydrogen-bond donors (Lipinski definition) is 0. The monoisotopic (exact) mass is 820 g/mol. The Labute approximate surface area is 371 Å². The van der Waals surface area contributed by atoms with Gasteiger partial charge in [-0.1, -0.05) is 182 Å². The first-order chi connectivity index (χ1) is 31.1. The van der Waals surface area contributed by atoms with Gasteiger partial charge in [0.1, 0.15) is 0 Å². The van der Waals surface area contributed by atoms with Crippen molar-refractivity contribution in [1.29, 1.82) is 0 Å². The van der Waals surface area contributed by atoms with E-state index in [1.165, 1.54) is 64.7 Å². The van der Waals surface area contributed by atoms with Crippen molar-refractivity contribution in [1.82, 2.24) is 9.97 Å². The summed E-state index contributed by atoms with van der Waals surface area (Å²) in [5, 5.41) is 2.57. The topological polar surface area (TPSA) is 25.8 Å². The summed E-state index contributed by atoms with van der Waals surface area (Å²) in [6, 6.07) is 81.3. The van der Waals surface area contributed by atoms with Gasteiger partial charge >= 0.3 is 0 Å². The van der Waals surface area contributed by atoms with Crippen molar-refractivity contribution in [2.75, 3.05) is 0 Å². The summed E-state index contributed by atoms with van der Waals surface area (Å²) in [6.45, 7) is 2.37. The molecule has 1 aliphatic carbocycles. The molecule has 0 aliphatic heterocycles. The minimum Gasteiger partial charge on any atom is -0.228 e. The zero-order valence-corrected chi connectivity index (χ0v) is 35.5. The molecule has 63 heavy (non-hydrogen) atoms. The zero-order chi connectivity index (χ0) is 41.9. The van der Waals surface area contributed by atoms with E-state index in [-0.39, 0.29) is 5.41 Å². The molecule has 1 unspecified atom stereocenters. The van der Waals surface area contributed by atoms with Crippen LogP contribution in [0.2, 0.25) is 0 Å². The lowest BCUT2D eigenvalue weighted by Gasteiger charge is -2.28. The number of fused-ring (bicyclic) bond motifs is 6. The van der Waals surface area contributed by atoms with Crippen molar-refractivity contribution in [3.8, 4) is 78.4 Å². The maximum atomic E-state index is 5.40. The van der Waals surface area contributed by atoms with E-state index in [4.69, 9.17) is 9.97 Å². The Hall–Kier alpha value is -7.72. The molecule has 0 spiro atoms. The largest absolute Gasteiger partial charge is 0.228 e. The summed E-state index contributed by atoms with van der Waals surface area (Å²) in [4.78, 5) is 10.8. The quantitative estimate of drug-likeness (QED) is 0.160. The fraction of sp³-hybridized carbons (Fsp3) is 0.0333. The number of thiophene rings is 1. The van der Waals surface area contributed by atoms with E-state index in [0.29, 0.717) is 5.82 Å². The summed E-state index contributed by atoms with van der Waals surface area (Å²) in [7, 11) is 0. The predicted molar refractivity (Wildman–Crippen MR) is 265 cm³/mol. The lowest BCUT2D eigenvalue weighted by Crippen LogP contribution is -2.22. The van der Waals surface area contributed by atoms with E-state index >= 15 is 0 Å². The Morgan fingerprint density at radius 1 is 0.349 bits per heavy atom. The first kappa shape index (κ1) is 37.1. The number of nitrogens with zero attached hydrogens (tertiary/aromatic N) is 2. The van der Waals surface area contributed by atoms with Gasteiger partial charge < -0.3 is 0 Å². The molecule has 0 fully saturated rings. The molecule has 3 heteroatoms. The predicted octanol–water partition coefficient (Wildman–Crippen LogP) is 16.2. The average molecular weight is 821 g/mol. The fourth-order valence-corrected chi connectivity index (χ4v) is 11.0. The van der Waals surface area contributed by atoms with Crippen molar-refractivity contribution < 1.29 is 0 Å². The maximum absolute atomic E-state index is 5.40. The van der Waals surface area contributed by atoms with Gasteiger partial charge in [-0.2, -0.15) is 0 Å². The van der Waals surface area contributed by atoms with Crippen LogP contribution < -0.4 is 0 Å². The van der Waals surface area contributed by atoms with Crippen molar-refractivity contribution in [2.45, 2.75) is 12.3 Å². The molecule has 0 amide bonds. The summed E-state index contributed by atoms with van der Waals surface area (Å²) < 4.78 is 2.58. The van der Waals surface area contributed by atoms with Crippen LogP contribution >= 0.6 is 11.3 Å². The molecule has 9 aromatic carbocycles. The van der Waals surface area contributed by atoms with Crippen molar-refractivity contribution in [3.05, 3.63) is 241 Å². The molecule has 296 valence electrons. The molecule has 0 bridgehead atoms. The van der Waals surface area contributed by atoms with Gasteiger partial charge in [-0.25, -0.2) is 9.97 Å². The number of benzene rings is 9. The van der Waals surface area contributed by atoms with Crippen LogP contribution in [-0.4, -0.2) is 9.97 Å². The Morgan fingerprint density at radius 2 is 0.905 bits per heavy atom. The third kappa shape index (κ3) is 6.31. The van der Waals surface area contributed by atoms with Gasteiger partial charge in [-0.05, 0) is 111 Å². The van der Waals surface area contributed by atoms with Crippen LogP contribution in [0.15, 0.2) is 224 Å². The Balaban J connectivity index is 1.08. The molecule has 0 saturated heterocycles. The highest BCUT2D eigenvalue weighted by Crippen LogP contribution is 2.53. The highest BCUT2D eigenvalue weighted by Gasteiger charge is 2.40. The Kier molecular flexibility index (Phi) is 8.84. The van der Waals surface area contributed by atoms with Gasteiger partial charge in [-0.15, -0.1) is 11.3 Å². The van der Waals surface area contributed by atoms with Crippen LogP contribution in [0.4, 0.5) is 0 Å². The second-order valence-electron chi connectivity index (χ2n) is 16.7. The van der Waals surface area contributed by atoms with Gasteiger partial charge in [0.05, 0.1) is 11.4 Å².